The molecular weight excluding hydrogens is 447 g/mol. The molecule has 2 aliphatic rings. The van der Waals surface area contributed by atoms with Crippen LogP contribution in [0.15, 0.2) is 18.2 Å². The lowest BCUT2D eigenvalue weighted by atomic mass is 9.92. The van der Waals surface area contributed by atoms with Gasteiger partial charge in [-0.2, -0.15) is 0 Å². The normalized spacial score (nSPS) is 19.0. The zero-order valence-electron chi connectivity index (χ0n) is 19.7. The number of hydrogen-bond donors (Lipinski definition) is 1. The van der Waals surface area contributed by atoms with E-state index in [1.54, 1.807) is 17.0 Å². The smallest absolute Gasteiger partial charge is 0.414 e. The molecule has 1 aromatic rings. The van der Waals surface area contributed by atoms with Gasteiger partial charge in [-0.25, -0.2) is 9.18 Å². The maximum atomic E-state index is 14.9. The Morgan fingerprint density at radius 3 is 2.58 bits per heavy atom. The second kappa shape index (κ2) is 10.6. The van der Waals surface area contributed by atoms with Gasteiger partial charge in [0.05, 0.1) is 29.5 Å². The molecule has 0 saturated carbocycles. The molecule has 2 fully saturated rings. The van der Waals surface area contributed by atoms with Crippen molar-refractivity contribution in [3.63, 3.8) is 0 Å². The SMILES string of the molecule is COCC(=O)N1CCN(c2ccc(N3C[C@H](CNC(=S)CC(C)(C)C)OC3=O)cc2F)CC1. The molecule has 0 radical (unpaired) electrons. The average molecular weight is 481 g/mol. The summed E-state index contributed by atoms with van der Waals surface area (Å²) < 4.78 is 25.3. The number of anilines is 2. The first kappa shape index (κ1) is 25.2. The number of halogens is 1. The van der Waals surface area contributed by atoms with Crippen molar-refractivity contribution in [1.29, 1.82) is 0 Å². The van der Waals surface area contributed by atoms with Gasteiger partial charge in [0.15, 0.2) is 0 Å². The number of ether oxygens (including phenoxy) is 2. The van der Waals surface area contributed by atoms with E-state index in [2.05, 4.69) is 26.1 Å². The molecule has 0 aromatic heterocycles. The summed E-state index contributed by atoms with van der Waals surface area (Å²) in [6.07, 6.45) is -0.120. The number of nitrogens with zero attached hydrogens (tertiary/aromatic N) is 3. The maximum Gasteiger partial charge on any atom is 0.414 e. The molecule has 182 valence electrons. The minimum Gasteiger partial charge on any atom is -0.442 e. The van der Waals surface area contributed by atoms with Crippen LogP contribution in [0.2, 0.25) is 0 Å². The topological polar surface area (TPSA) is 74.3 Å². The standard InChI is InChI=1S/C23H33FN4O4S/c1-23(2,3)12-20(33)25-13-17-14-28(22(30)32-17)16-5-6-19(18(24)11-16)26-7-9-27(10-8-26)21(29)15-31-4/h5-6,11,17H,7-10,12-15H2,1-4H3,(H,25,33)/t17-/m0/s1. The third kappa shape index (κ3) is 6.77. The van der Waals surface area contributed by atoms with E-state index in [1.807, 2.05) is 4.90 Å². The minimum atomic E-state index is -0.499. The predicted octanol–water partition coefficient (Wildman–Crippen LogP) is 2.80. The van der Waals surface area contributed by atoms with Crippen molar-refractivity contribution in [3.05, 3.63) is 24.0 Å². The Hall–Kier alpha value is -2.46. The molecule has 33 heavy (non-hydrogen) atoms. The number of carbonyl (C=O) groups excluding carboxylic acids is 2. The zero-order chi connectivity index (χ0) is 24.2. The van der Waals surface area contributed by atoms with Gasteiger partial charge in [0.1, 0.15) is 18.5 Å². The minimum absolute atomic E-state index is 0.0495. The van der Waals surface area contributed by atoms with Gasteiger partial charge in [0, 0.05) is 39.7 Å². The molecule has 3 rings (SSSR count). The van der Waals surface area contributed by atoms with E-state index in [0.717, 1.165) is 11.4 Å². The summed E-state index contributed by atoms with van der Waals surface area (Å²) >= 11 is 5.37. The second-order valence-corrected chi connectivity index (χ2v) is 10.1. The Bertz CT molecular complexity index is 884. The molecule has 2 aliphatic heterocycles. The van der Waals surface area contributed by atoms with E-state index in [-0.39, 0.29) is 24.0 Å². The van der Waals surface area contributed by atoms with E-state index >= 15 is 0 Å². The van der Waals surface area contributed by atoms with Crippen molar-refractivity contribution in [2.45, 2.75) is 33.3 Å². The number of nitrogens with one attached hydrogen (secondary N) is 1. The first-order chi connectivity index (χ1) is 15.6. The number of benzene rings is 1. The number of amides is 2. The Labute approximate surface area is 200 Å². The predicted molar refractivity (Wildman–Crippen MR) is 129 cm³/mol. The summed E-state index contributed by atoms with van der Waals surface area (Å²) in [5, 5.41) is 3.17. The summed E-state index contributed by atoms with van der Waals surface area (Å²) in [4.78, 5) is 30.1. The van der Waals surface area contributed by atoms with Crippen molar-refractivity contribution in [1.82, 2.24) is 10.2 Å². The summed E-state index contributed by atoms with van der Waals surface area (Å²) in [6, 6.07) is 4.76. The van der Waals surface area contributed by atoms with Crippen LogP contribution in [-0.4, -0.2) is 81.0 Å². The highest BCUT2D eigenvalue weighted by Gasteiger charge is 2.33. The molecule has 1 atom stereocenters. The largest absolute Gasteiger partial charge is 0.442 e. The van der Waals surface area contributed by atoms with Crippen molar-refractivity contribution in [3.8, 4) is 0 Å². The van der Waals surface area contributed by atoms with Gasteiger partial charge in [-0.15, -0.1) is 0 Å². The Morgan fingerprint density at radius 2 is 1.97 bits per heavy atom. The molecule has 10 heteroatoms. The molecule has 0 bridgehead atoms. The van der Waals surface area contributed by atoms with E-state index in [4.69, 9.17) is 21.7 Å². The van der Waals surface area contributed by atoms with Gasteiger partial charge in [-0.05, 0) is 23.6 Å². The molecule has 0 spiro atoms. The van der Waals surface area contributed by atoms with Gasteiger partial charge in [0.2, 0.25) is 5.91 Å². The quantitative estimate of drug-likeness (QED) is 0.602. The highest BCUT2D eigenvalue weighted by molar-refractivity contribution is 7.80. The maximum absolute atomic E-state index is 14.9. The lowest BCUT2D eigenvalue weighted by Crippen LogP contribution is -2.50. The summed E-state index contributed by atoms with van der Waals surface area (Å²) in [6.45, 7) is 9.19. The third-order valence-electron chi connectivity index (χ3n) is 5.58. The van der Waals surface area contributed by atoms with Gasteiger partial charge in [0.25, 0.3) is 0 Å². The molecule has 2 amide bonds. The fraction of sp³-hybridized carbons (Fsp3) is 0.609. The van der Waals surface area contributed by atoms with Crippen LogP contribution in [0.1, 0.15) is 27.2 Å². The van der Waals surface area contributed by atoms with Crippen LogP contribution in [0.3, 0.4) is 0 Å². The van der Waals surface area contributed by atoms with Crippen molar-refractivity contribution in [2.75, 3.05) is 62.8 Å². The van der Waals surface area contributed by atoms with Gasteiger partial charge in [-0.3, -0.25) is 9.69 Å². The van der Waals surface area contributed by atoms with Crippen LogP contribution in [0, 0.1) is 11.2 Å². The van der Waals surface area contributed by atoms with Crippen LogP contribution in [0.4, 0.5) is 20.6 Å². The highest BCUT2D eigenvalue weighted by atomic mass is 32.1. The number of thiocarbonyl (C=S) groups is 1. The monoisotopic (exact) mass is 480 g/mol. The number of carbonyl (C=O) groups is 2. The van der Waals surface area contributed by atoms with Crippen LogP contribution < -0.4 is 15.1 Å². The van der Waals surface area contributed by atoms with E-state index in [1.165, 1.54) is 18.1 Å². The number of methoxy groups -OCH3 is 1. The van der Waals surface area contributed by atoms with E-state index < -0.39 is 11.9 Å². The Kier molecular flexibility index (Phi) is 8.12. The number of piperazine rings is 1. The first-order valence-corrected chi connectivity index (χ1v) is 11.5. The van der Waals surface area contributed by atoms with E-state index in [0.29, 0.717) is 50.6 Å². The Morgan fingerprint density at radius 1 is 1.27 bits per heavy atom. The van der Waals surface area contributed by atoms with Crippen LogP contribution in [0.5, 0.6) is 0 Å². The number of rotatable bonds is 7. The van der Waals surface area contributed by atoms with Crippen molar-refractivity contribution < 1.29 is 23.5 Å². The fourth-order valence-corrected chi connectivity index (χ4v) is 4.46. The van der Waals surface area contributed by atoms with Crippen LogP contribution in [-0.2, 0) is 14.3 Å². The zero-order valence-corrected chi connectivity index (χ0v) is 20.5. The fourth-order valence-electron chi connectivity index (χ4n) is 3.94. The van der Waals surface area contributed by atoms with Crippen LogP contribution in [0.25, 0.3) is 0 Å². The lowest BCUT2D eigenvalue weighted by Gasteiger charge is -2.36. The number of hydrogen-bond acceptors (Lipinski definition) is 6. The average Bonchev–Trinajstić information content (AvgIpc) is 3.12. The molecule has 2 saturated heterocycles. The van der Waals surface area contributed by atoms with Gasteiger partial charge in [-0.1, -0.05) is 33.0 Å². The Balaban J connectivity index is 1.56. The third-order valence-corrected chi connectivity index (χ3v) is 5.86. The van der Waals surface area contributed by atoms with Gasteiger partial charge < -0.3 is 24.6 Å². The second-order valence-electron chi connectivity index (χ2n) is 9.59. The lowest BCUT2D eigenvalue weighted by molar-refractivity contribution is -0.135. The molecule has 2 heterocycles. The summed E-state index contributed by atoms with van der Waals surface area (Å²) in [7, 11) is 1.49. The van der Waals surface area contributed by atoms with E-state index in [9.17, 15) is 14.0 Å². The summed E-state index contributed by atoms with van der Waals surface area (Å²) in [5.74, 6) is -0.478. The van der Waals surface area contributed by atoms with Crippen molar-refractivity contribution >= 4 is 40.6 Å². The molecule has 1 N–H and O–H groups in total. The molecule has 1 aromatic carbocycles. The summed E-state index contributed by atoms with van der Waals surface area (Å²) in [5.41, 5.74) is 0.985. The van der Waals surface area contributed by atoms with Gasteiger partial charge >= 0.3 is 6.09 Å². The molecule has 0 unspecified atom stereocenters. The first-order valence-electron chi connectivity index (χ1n) is 11.1. The number of cyclic esters (lactones) is 1. The molecular formula is C23H33FN4O4S. The highest BCUT2D eigenvalue weighted by Crippen LogP contribution is 2.28. The van der Waals surface area contributed by atoms with Crippen molar-refractivity contribution in [2.24, 2.45) is 5.41 Å². The van der Waals surface area contributed by atoms with Crippen LogP contribution >= 0.6 is 12.2 Å². The molecule has 0 aliphatic carbocycles. The molecule has 8 nitrogen and oxygen atoms in total.